The normalized spacial score (nSPS) is 38.3. The van der Waals surface area contributed by atoms with Crippen molar-refractivity contribution < 1.29 is 4.39 Å². The van der Waals surface area contributed by atoms with Crippen LogP contribution in [0.1, 0.15) is 31.2 Å². The summed E-state index contributed by atoms with van der Waals surface area (Å²) < 4.78 is 15.4. The summed E-state index contributed by atoms with van der Waals surface area (Å²) in [5.74, 6) is 0.635. The minimum atomic E-state index is -0.829. The molecule has 0 spiro atoms. The van der Waals surface area contributed by atoms with Crippen molar-refractivity contribution in [2.45, 2.75) is 56.0 Å². The van der Waals surface area contributed by atoms with Crippen molar-refractivity contribution in [3.8, 4) is 6.07 Å². The van der Waals surface area contributed by atoms with E-state index in [1.165, 1.54) is 11.3 Å². The molecule has 2 heterocycles. The van der Waals surface area contributed by atoms with Crippen LogP contribution in [0.15, 0.2) is 96.3 Å². The number of hydrogen-bond acceptors (Lipinski definition) is 3. The van der Waals surface area contributed by atoms with E-state index in [0.717, 1.165) is 30.5 Å². The Labute approximate surface area is 206 Å². The Morgan fingerprint density at radius 2 is 1.69 bits per heavy atom. The predicted octanol–water partition coefficient (Wildman–Crippen LogP) is 6.00. The summed E-state index contributed by atoms with van der Waals surface area (Å²) in [7, 11) is 0. The lowest BCUT2D eigenvalue weighted by Gasteiger charge is -2.46. The topological polar surface area (TPSA) is 30.3 Å². The molecule has 4 aliphatic carbocycles. The zero-order chi connectivity index (χ0) is 23.5. The van der Waals surface area contributed by atoms with Crippen molar-refractivity contribution in [1.82, 2.24) is 4.90 Å². The highest BCUT2D eigenvalue weighted by atomic mass is 19.1. The van der Waals surface area contributed by atoms with E-state index in [1.807, 2.05) is 18.2 Å². The first-order chi connectivity index (χ1) is 17.3. The first-order valence-electron chi connectivity index (χ1n) is 13.1. The number of para-hydroxylation sites is 1. The SMILES string of the molecule is N#Cc1ccccc1N1C2C(C=CCC2N2C3=CCCC=C3C3C(F)CC=CC32)[C@H]2C=CC=C[C@H]21. The van der Waals surface area contributed by atoms with E-state index in [4.69, 9.17) is 0 Å². The van der Waals surface area contributed by atoms with E-state index in [2.05, 4.69) is 82.7 Å². The Morgan fingerprint density at radius 1 is 0.857 bits per heavy atom. The molecule has 0 saturated carbocycles. The van der Waals surface area contributed by atoms with Crippen molar-refractivity contribution in [1.29, 1.82) is 5.26 Å². The number of halogens is 1. The minimum Gasteiger partial charge on any atom is -0.359 e. The van der Waals surface area contributed by atoms with E-state index in [0.29, 0.717) is 18.3 Å². The Morgan fingerprint density at radius 3 is 2.60 bits per heavy atom. The second kappa shape index (κ2) is 8.12. The van der Waals surface area contributed by atoms with Crippen LogP contribution in [-0.2, 0) is 0 Å². The molecule has 6 aliphatic rings. The van der Waals surface area contributed by atoms with E-state index >= 15 is 4.39 Å². The molecular formula is C31H30FN3. The average Bonchev–Trinajstić information content (AvgIpc) is 3.42. The quantitative estimate of drug-likeness (QED) is 0.504. The van der Waals surface area contributed by atoms with Crippen molar-refractivity contribution in [2.24, 2.45) is 17.8 Å². The van der Waals surface area contributed by atoms with Crippen LogP contribution in [0.4, 0.5) is 10.1 Å². The van der Waals surface area contributed by atoms with Gasteiger partial charge in [-0.05, 0) is 43.4 Å². The van der Waals surface area contributed by atoms with Crippen LogP contribution < -0.4 is 4.90 Å². The standard InChI is InChI=1S/C31H30FN3/c32-24-13-8-17-28-30(24)23-11-3-6-16-27(23)34(28)29-18-7-12-22-21-10-2-5-15-26(21)35(31(22)29)25-14-4-1-9-20(25)19-33/h1-2,4-5,7-12,14-17,21-22,24,26,28-31H,3,6,13,18H2/t21-,22?,24?,26-,28?,29?,30?,31?/m1/s1. The Balaban J connectivity index is 1.38. The summed E-state index contributed by atoms with van der Waals surface area (Å²) in [4.78, 5) is 5.10. The second-order valence-corrected chi connectivity index (χ2v) is 10.6. The number of nitrogens with zero attached hydrogens (tertiary/aromatic N) is 3. The molecule has 35 heavy (non-hydrogen) atoms. The van der Waals surface area contributed by atoms with Crippen molar-refractivity contribution in [3.05, 3.63) is 102 Å². The molecule has 7 rings (SSSR count). The Bertz CT molecular complexity index is 1260. The number of alkyl halides is 1. The molecule has 0 amide bonds. The smallest absolute Gasteiger partial charge is 0.113 e. The van der Waals surface area contributed by atoms with Crippen LogP contribution in [0, 0.1) is 29.1 Å². The molecule has 0 radical (unpaired) electrons. The first-order valence-corrected chi connectivity index (χ1v) is 13.1. The highest BCUT2D eigenvalue weighted by Gasteiger charge is 2.56. The fraction of sp³-hybridized carbons (Fsp3) is 0.387. The van der Waals surface area contributed by atoms with Gasteiger partial charge in [0.25, 0.3) is 0 Å². The highest BCUT2D eigenvalue weighted by Crippen LogP contribution is 2.53. The maximum absolute atomic E-state index is 15.4. The number of rotatable bonds is 2. The lowest BCUT2D eigenvalue weighted by Crippen LogP contribution is -2.55. The fourth-order valence-electron chi connectivity index (χ4n) is 7.73. The summed E-state index contributed by atoms with van der Waals surface area (Å²) in [6.45, 7) is 0. The third kappa shape index (κ3) is 3.00. The van der Waals surface area contributed by atoms with Crippen molar-refractivity contribution in [2.75, 3.05) is 4.90 Å². The van der Waals surface area contributed by atoms with Gasteiger partial charge in [0.1, 0.15) is 12.2 Å². The fourth-order valence-corrected chi connectivity index (χ4v) is 7.73. The zero-order valence-corrected chi connectivity index (χ0v) is 19.7. The van der Waals surface area contributed by atoms with E-state index in [-0.39, 0.29) is 30.1 Å². The lowest BCUT2D eigenvalue weighted by atomic mass is 9.78. The maximum atomic E-state index is 15.4. The Kier molecular flexibility index (Phi) is 4.87. The van der Waals surface area contributed by atoms with Gasteiger partial charge >= 0.3 is 0 Å². The molecule has 1 aromatic rings. The molecular weight excluding hydrogens is 433 g/mol. The largest absolute Gasteiger partial charge is 0.359 e. The van der Waals surface area contributed by atoms with Gasteiger partial charge in [-0.2, -0.15) is 5.26 Å². The maximum Gasteiger partial charge on any atom is 0.113 e. The van der Waals surface area contributed by atoms with Gasteiger partial charge in [0, 0.05) is 23.5 Å². The van der Waals surface area contributed by atoms with Crippen LogP contribution >= 0.6 is 0 Å². The predicted molar refractivity (Wildman–Crippen MR) is 137 cm³/mol. The molecule has 176 valence electrons. The van der Waals surface area contributed by atoms with Gasteiger partial charge in [-0.25, -0.2) is 4.39 Å². The number of fused-ring (bicyclic) bond motifs is 6. The molecule has 3 nitrogen and oxygen atoms in total. The van der Waals surface area contributed by atoms with E-state index in [1.54, 1.807) is 0 Å². The summed E-state index contributed by atoms with van der Waals surface area (Å²) in [5, 5.41) is 9.99. The summed E-state index contributed by atoms with van der Waals surface area (Å²) in [6, 6.07) is 11.2. The number of anilines is 1. The van der Waals surface area contributed by atoms with Crippen LogP contribution in [0.3, 0.4) is 0 Å². The van der Waals surface area contributed by atoms with Crippen LogP contribution in [0.2, 0.25) is 0 Å². The third-order valence-electron chi connectivity index (χ3n) is 8.99. The number of likely N-dealkylation sites (tertiary alicyclic amines) is 1. The second-order valence-electron chi connectivity index (χ2n) is 10.6. The minimum absolute atomic E-state index is 0.0632. The van der Waals surface area contributed by atoms with Crippen LogP contribution in [0.25, 0.3) is 0 Å². The van der Waals surface area contributed by atoms with Crippen LogP contribution in [-0.4, -0.2) is 35.2 Å². The van der Waals surface area contributed by atoms with Gasteiger partial charge in [-0.3, -0.25) is 0 Å². The molecule has 0 aromatic heterocycles. The monoisotopic (exact) mass is 463 g/mol. The number of hydrogen-bond donors (Lipinski definition) is 0. The van der Waals surface area contributed by atoms with Gasteiger partial charge in [0.05, 0.1) is 35.4 Å². The van der Waals surface area contributed by atoms with Crippen LogP contribution in [0.5, 0.6) is 0 Å². The molecule has 8 atom stereocenters. The molecule has 4 heteroatoms. The molecule has 0 N–H and O–H groups in total. The number of allylic oxidation sites excluding steroid dienone is 6. The molecule has 0 bridgehead atoms. The van der Waals surface area contributed by atoms with Gasteiger partial charge in [-0.1, -0.05) is 72.9 Å². The summed E-state index contributed by atoms with van der Waals surface area (Å²) in [6.07, 6.45) is 25.3. The molecule has 1 aromatic carbocycles. The highest BCUT2D eigenvalue weighted by molar-refractivity contribution is 5.64. The van der Waals surface area contributed by atoms with Gasteiger partial charge in [-0.15, -0.1) is 0 Å². The molecule has 2 saturated heterocycles. The zero-order valence-electron chi connectivity index (χ0n) is 19.7. The van der Waals surface area contributed by atoms with E-state index < -0.39 is 6.17 Å². The van der Waals surface area contributed by atoms with Gasteiger partial charge < -0.3 is 9.80 Å². The summed E-state index contributed by atoms with van der Waals surface area (Å²) in [5.41, 5.74) is 4.23. The summed E-state index contributed by atoms with van der Waals surface area (Å²) >= 11 is 0. The van der Waals surface area contributed by atoms with Gasteiger partial charge in [0.2, 0.25) is 0 Å². The van der Waals surface area contributed by atoms with E-state index in [9.17, 15) is 5.26 Å². The first kappa shape index (κ1) is 21.0. The third-order valence-corrected chi connectivity index (χ3v) is 8.99. The number of nitriles is 1. The van der Waals surface area contributed by atoms with Gasteiger partial charge in [0.15, 0.2) is 0 Å². The molecule has 6 unspecified atom stereocenters. The Hall–Kier alpha value is -3.32. The number of benzene rings is 1. The average molecular weight is 464 g/mol. The molecule has 2 fully saturated rings. The lowest BCUT2D eigenvalue weighted by molar-refractivity contribution is 0.138. The van der Waals surface area contributed by atoms with Crippen molar-refractivity contribution >= 4 is 5.69 Å². The molecule has 2 aliphatic heterocycles. The van der Waals surface area contributed by atoms with Crippen molar-refractivity contribution in [3.63, 3.8) is 0 Å².